The van der Waals surface area contributed by atoms with E-state index in [1.807, 2.05) is 13.8 Å². The molecule has 0 bridgehead atoms. The summed E-state index contributed by atoms with van der Waals surface area (Å²) in [4.78, 5) is 8.06. The van der Waals surface area contributed by atoms with Gasteiger partial charge in [0.05, 0.1) is 27.8 Å². The normalized spacial score (nSPS) is 10.9. The maximum atomic E-state index is 6.08. The van der Waals surface area contributed by atoms with Crippen LogP contribution in [0.4, 0.5) is 5.69 Å². The van der Waals surface area contributed by atoms with Crippen molar-refractivity contribution in [2.75, 3.05) is 5.73 Å². The van der Waals surface area contributed by atoms with Crippen LogP contribution >= 0.6 is 23.2 Å². The van der Waals surface area contributed by atoms with Crippen molar-refractivity contribution in [2.45, 2.75) is 20.8 Å². The second kappa shape index (κ2) is 4.16. The van der Waals surface area contributed by atoms with Gasteiger partial charge in [-0.25, -0.2) is 9.67 Å². The highest BCUT2D eigenvalue weighted by atomic mass is 35.5. The topological polar surface area (TPSA) is 69.6 Å². The first kappa shape index (κ1) is 12.1. The maximum absolute atomic E-state index is 6.08. The molecule has 0 fully saturated rings. The number of nitrogens with two attached hydrogens (primary N) is 1. The molecule has 2 aromatic rings. The lowest BCUT2D eigenvalue weighted by Crippen LogP contribution is -2.09. The average molecular weight is 272 g/mol. The van der Waals surface area contributed by atoms with E-state index >= 15 is 0 Å². The van der Waals surface area contributed by atoms with Crippen molar-refractivity contribution in [1.29, 1.82) is 0 Å². The van der Waals surface area contributed by atoms with Crippen LogP contribution in [-0.2, 0) is 0 Å². The van der Waals surface area contributed by atoms with E-state index in [4.69, 9.17) is 28.9 Å². The van der Waals surface area contributed by atoms with Gasteiger partial charge < -0.3 is 5.73 Å². The number of nitrogens with zero attached hydrogens (tertiary/aromatic N) is 4. The van der Waals surface area contributed by atoms with Gasteiger partial charge in [0, 0.05) is 0 Å². The van der Waals surface area contributed by atoms with Crippen LogP contribution in [0, 0.1) is 20.8 Å². The first-order chi connectivity index (χ1) is 7.91. The minimum Gasteiger partial charge on any atom is -0.394 e. The fourth-order valence-corrected chi connectivity index (χ4v) is 1.85. The van der Waals surface area contributed by atoms with Crippen LogP contribution in [0.5, 0.6) is 0 Å². The summed E-state index contributed by atoms with van der Waals surface area (Å²) in [5.74, 6) is 0.454. The number of nitrogen functional groups attached to an aromatic ring is 1. The molecule has 5 nitrogen and oxygen atoms in total. The molecule has 2 heterocycles. The monoisotopic (exact) mass is 271 g/mol. The molecule has 2 aromatic heterocycles. The summed E-state index contributed by atoms with van der Waals surface area (Å²) in [5.41, 5.74) is 8.47. The molecule has 0 unspecified atom stereocenters. The van der Waals surface area contributed by atoms with E-state index < -0.39 is 0 Å². The van der Waals surface area contributed by atoms with Crippen molar-refractivity contribution in [2.24, 2.45) is 0 Å². The number of aryl methyl sites for hydroxylation is 2. The number of anilines is 1. The Kier molecular flexibility index (Phi) is 2.97. The summed E-state index contributed by atoms with van der Waals surface area (Å²) in [6, 6.07) is 0. The fraction of sp³-hybridized carbons (Fsp3) is 0.300. The minimum absolute atomic E-state index is 0.135. The largest absolute Gasteiger partial charge is 0.394 e. The SMILES string of the molecule is Cc1nc(Cl)nc(-n2nc(C)c(Cl)c2C)c1N. The summed E-state index contributed by atoms with van der Waals surface area (Å²) in [5, 5.41) is 5.01. The number of hydrogen-bond donors (Lipinski definition) is 1. The van der Waals surface area contributed by atoms with Crippen molar-refractivity contribution in [3.63, 3.8) is 0 Å². The third-order valence-electron chi connectivity index (χ3n) is 2.49. The van der Waals surface area contributed by atoms with Crippen molar-refractivity contribution >= 4 is 28.9 Å². The first-order valence-corrected chi connectivity index (χ1v) is 5.69. The third-order valence-corrected chi connectivity index (χ3v) is 3.21. The Morgan fingerprint density at radius 2 is 1.71 bits per heavy atom. The van der Waals surface area contributed by atoms with Gasteiger partial charge in [0.25, 0.3) is 0 Å². The second-order valence-electron chi connectivity index (χ2n) is 3.71. The molecule has 0 saturated heterocycles. The van der Waals surface area contributed by atoms with Crippen LogP contribution in [0.25, 0.3) is 5.82 Å². The van der Waals surface area contributed by atoms with Gasteiger partial charge in [-0.1, -0.05) is 11.6 Å². The maximum Gasteiger partial charge on any atom is 0.224 e. The predicted molar refractivity (Wildman–Crippen MR) is 67.8 cm³/mol. The molecule has 2 rings (SSSR count). The Morgan fingerprint density at radius 1 is 1.06 bits per heavy atom. The zero-order chi connectivity index (χ0) is 12.7. The quantitative estimate of drug-likeness (QED) is 0.809. The fourth-order valence-electron chi connectivity index (χ4n) is 1.52. The Hall–Kier alpha value is -1.33. The highest BCUT2D eigenvalue weighted by Crippen LogP contribution is 2.25. The molecule has 17 heavy (non-hydrogen) atoms. The number of aromatic nitrogens is 4. The van der Waals surface area contributed by atoms with E-state index in [1.54, 1.807) is 11.6 Å². The number of rotatable bonds is 1. The Balaban J connectivity index is 2.72. The van der Waals surface area contributed by atoms with E-state index in [-0.39, 0.29) is 5.28 Å². The van der Waals surface area contributed by atoms with Crippen LogP contribution in [-0.4, -0.2) is 19.7 Å². The van der Waals surface area contributed by atoms with Crippen LogP contribution in [0.3, 0.4) is 0 Å². The van der Waals surface area contributed by atoms with Crippen LogP contribution in [0.2, 0.25) is 10.3 Å². The van der Waals surface area contributed by atoms with E-state index in [0.29, 0.717) is 22.2 Å². The lowest BCUT2D eigenvalue weighted by Gasteiger charge is -2.08. The molecule has 2 N–H and O–H groups in total. The highest BCUT2D eigenvalue weighted by Gasteiger charge is 2.16. The van der Waals surface area contributed by atoms with Crippen molar-refractivity contribution in [3.8, 4) is 5.82 Å². The molecule has 7 heteroatoms. The summed E-state index contributed by atoms with van der Waals surface area (Å²) >= 11 is 11.9. The van der Waals surface area contributed by atoms with Crippen LogP contribution in [0.15, 0.2) is 0 Å². The zero-order valence-electron chi connectivity index (χ0n) is 9.62. The molecular weight excluding hydrogens is 261 g/mol. The summed E-state index contributed by atoms with van der Waals surface area (Å²) in [6.45, 7) is 5.42. The predicted octanol–water partition coefficient (Wildman–Crippen LogP) is 2.48. The van der Waals surface area contributed by atoms with Gasteiger partial charge in [-0.2, -0.15) is 10.1 Å². The van der Waals surface area contributed by atoms with E-state index in [2.05, 4.69) is 15.1 Å². The van der Waals surface area contributed by atoms with E-state index in [1.165, 1.54) is 0 Å². The Bertz CT molecular complexity index is 591. The van der Waals surface area contributed by atoms with E-state index in [0.717, 1.165) is 11.4 Å². The van der Waals surface area contributed by atoms with Gasteiger partial charge in [0.2, 0.25) is 5.28 Å². The van der Waals surface area contributed by atoms with Gasteiger partial charge >= 0.3 is 0 Å². The average Bonchev–Trinajstić information content (AvgIpc) is 2.51. The van der Waals surface area contributed by atoms with E-state index in [9.17, 15) is 0 Å². The number of halogens is 2. The molecule has 0 saturated carbocycles. The molecule has 0 spiro atoms. The summed E-state index contributed by atoms with van der Waals surface area (Å²) < 4.78 is 1.58. The lowest BCUT2D eigenvalue weighted by atomic mass is 10.3. The van der Waals surface area contributed by atoms with Gasteiger partial charge in [-0.3, -0.25) is 0 Å². The number of hydrogen-bond acceptors (Lipinski definition) is 4. The second-order valence-corrected chi connectivity index (χ2v) is 4.43. The smallest absolute Gasteiger partial charge is 0.224 e. The lowest BCUT2D eigenvalue weighted by molar-refractivity contribution is 0.801. The minimum atomic E-state index is 0.135. The summed E-state index contributed by atoms with van der Waals surface area (Å²) in [6.07, 6.45) is 0. The molecule has 0 atom stereocenters. The Morgan fingerprint density at radius 3 is 2.24 bits per heavy atom. The van der Waals surface area contributed by atoms with Gasteiger partial charge in [0.15, 0.2) is 5.82 Å². The summed E-state index contributed by atoms with van der Waals surface area (Å²) in [7, 11) is 0. The molecule has 0 radical (unpaired) electrons. The molecule has 90 valence electrons. The van der Waals surface area contributed by atoms with Crippen molar-refractivity contribution < 1.29 is 0 Å². The van der Waals surface area contributed by atoms with Gasteiger partial charge in [-0.05, 0) is 32.4 Å². The molecule has 0 amide bonds. The molecule has 0 aliphatic heterocycles. The molecule has 0 aliphatic carbocycles. The van der Waals surface area contributed by atoms with Crippen molar-refractivity contribution in [3.05, 3.63) is 27.4 Å². The highest BCUT2D eigenvalue weighted by molar-refractivity contribution is 6.31. The molecule has 0 aliphatic rings. The van der Waals surface area contributed by atoms with Crippen LogP contribution < -0.4 is 5.73 Å². The third kappa shape index (κ3) is 1.96. The molecular formula is C10H11Cl2N5. The van der Waals surface area contributed by atoms with Crippen LogP contribution in [0.1, 0.15) is 17.1 Å². The van der Waals surface area contributed by atoms with Gasteiger partial charge in [-0.15, -0.1) is 0 Å². The first-order valence-electron chi connectivity index (χ1n) is 4.93. The van der Waals surface area contributed by atoms with Crippen molar-refractivity contribution in [1.82, 2.24) is 19.7 Å². The zero-order valence-corrected chi connectivity index (χ0v) is 11.1. The molecule has 0 aromatic carbocycles. The van der Waals surface area contributed by atoms with Gasteiger partial charge in [0.1, 0.15) is 0 Å². The standard InChI is InChI=1S/C10H11Cl2N5/c1-4-7(11)6(3)17(16-4)9-8(13)5(2)14-10(12)15-9/h13H2,1-3H3. The Labute approximate surface area is 109 Å².